The number of rotatable bonds is 3. The van der Waals surface area contributed by atoms with E-state index in [1.54, 1.807) is 4.90 Å². The van der Waals surface area contributed by atoms with Gasteiger partial charge in [0.2, 0.25) is 5.43 Å². The van der Waals surface area contributed by atoms with Crippen LogP contribution in [0.2, 0.25) is 0 Å². The van der Waals surface area contributed by atoms with Crippen LogP contribution in [0.15, 0.2) is 35.3 Å². The van der Waals surface area contributed by atoms with Gasteiger partial charge in [-0.1, -0.05) is 19.1 Å². The number of nitrogens with one attached hydrogen (secondary N) is 1. The average Bonchev–Trinajstić information content (AvgIpc) is 2.85. The molecular weight excluding hydrogens is 420 g/mol. The quantitative estimate of drug-likeness (QED) is 0.714. The second kappa shape index (κ2) is 7.89. The molecule has 2 amide bonds. The number of hydrogen-bond donors (Lipinski definition) is 2. The van der Waals surface area contributed by atoms with E-state index in [0.29, 0.717) is 12.1 Å². The molecule has 32 heavy (non-hydrogen) atoms. The van der Waals surface area contributed by atoms with Crippen molar-refractivity contribution in [1.82, 2.24) is 14.8 Å². The number of allylic oxidation sites excluding steroid dienone is 1. The van der Waals surface area contributed by atoms with Crippen LogP contribution >= 0.6 is 0 Å². The third-order valence-electron chi connectivity index (χ3n) is 6.16. The van der Waals surface area contributed by atoms with Gasteiger partial charge in [0.05, 0.1) is 6.04 Å². The minimum atomic E-state index is -1.01. The van der Waals surface area contributed by atoms with Crippen molar-refractivity contribution in [2.75, 3.05) is 6.54 Å². The summed E-state index contributed by atoms with van der Waals surface area (Å²) in [5, 5.41) is 12.9. The molecule has 0 saturated carbocycles. The van der Waals surface area contributed by atoms with E-state index < -0.39 is 46.7 Å². The fourth-order valence-corrected chi connectivity index (χ4v) is 4.26. The summed E-state index contributed by atoms with van der Waals surface area (Å²) in [6, 6.07) is 1.78. The fourth-order valence-electron chi connectivity index (χ4n) is 4.26. The summed E-state index contributed by atoms with van der Waals surface area (Å²) in [6.45, 7) is 5.20. The van der Waals surface area contributed by atoms with Gasteiger partial charge in [0.1, 0.15) is 17.2 Å². The second-order valence-corrected chi connectivity index (χ2v) is 8.38. The van der Waals surface area contributed by atoms with E-state index >= 15 is 0 Å². The first-order chi connectivity index (χ1) is 15.1. The lowest BCUT2D eigenvalue weighted by Crippen LogP contribution is -2.48. The van der Waals surface area contributed by atoms with E-state index in [1.165, 1.54) is 17.7 Å². The number of aromatic hydroxyl groups is 1. The summed E-state index contributed by atoms with van der Waals surface area (Å²) in [7, 11) is 0. The van der Waals surface area contributed by atoms with Crippen molar-refractivity contribution in [2.24, 2.45) is 5.92 Å². The molecule has 9 heteroatoms. The number of aryl methyl sites for hydroxylation is 1. The molecule has 1 aromatic carbocycles. The van der Waals surface area contributed by atoms with Crippen molar-refractivity contribution < 1.29 is 23.5 Å². The number of pyridine rings is 1. The third-order valence-corrected chi connectivity index (χ3v) is 6.16. The Hall–Kier alpha value is -3.49. The van der Waals surface area contributed by atoms with E-state index in [4.69, 9.17) is 0 Å². The van der Waals surface area contributed by atoms with E-state index in [1.807, 2.05) is 26.0 Å². The molecule has 2 aliphatic heterocycles. The minimum Gasteiger partial charge on any atom is -0.503 e. The van der Waals surface area contributed by atoms with Crippen molar-refractivity contribution in [1.29, 1.82) is 0 Å². The summed E-state index contributed by atoms with van der Waals surface area (Å²) < 4.78 is 29.6. The van der Waals surface area contributed by atoms with Crippen molar-refractivity contribution in [3.8, 4) is 5.75 Å². The number of carbonyl (C=O) groups excluding carboxylic acids is 2. The van der Waals surface area contributed by atoms with Gasteiger partial charge in [-0.05, 0) is 37.5 Å². The molecule has 4 rings (SSSR count). The zero-order chi connectivity index (χ0) is 23.3. The zero-order valence-corrected chi connectivity index (χ0v) is 17.9. The molecule has 0 saturated heterocycles. The zero-order valence-electron chi connectivity index (χ0n) is 17.9. The minimum absolute atomic E-state index is 0.0390. The van der Waals surface area contributed by atoms with Crippen LogP contribution in [0.5, 0.6) is 5.75 Å². The van der Waals surface area contributed by atoms with Crippen LogP contribution in [-0.2, 0) is 6.54 Å². The van der Waals surface area contributed by atoms with Gasteiger partial charge >= 0.3 is 0 Å². The Labute approximate surface area is 183 Å². The highest BCUT2D eigenvalue weighted by molar-refractivity contribution is 5.99. The lowest BCUT2D eigenvalue weighted by atomic mass is 9.98. The topological polar surface area (TPSA) is 91.6 Å². The Bertz CT molecular complexity index is 1200. The number of amides is 2. The van der Waals surface area contributed by atoms with Crippen LogP contribution < -0.4 is 10.7 Å². The highest BCUT2D eigenvalue weighted by Gasteiger charge is 2.39. The molecule has 1 aromatic heterocycles. The molecule has 0 unspecified atom stereocenters. The van der Waals surface area contributed by atoms with Gasteiger partial charge in [-0.2, -0.15) is 0 Å². The molecule has 3 atom stereocenters. The first kappa shape index (κ1) is 21.7. The number of carbonyl (C=O) groups is 2. The molecule has 2 N–H and O–H groups in total. The maximum Gasteiger partial charge on any atom is 0.275 e. The van der Waals surface area contributed by atoms with Crippen molar-refractivity contribution in [3.05, 3.63) is 74.7 Å². The highest BCUT2D eigenvalue weighted by Crippen LogP contribution is 2.34. The van der Waals surface area contributed by atoms with Gasteiger partial charge in [-0.15, -0.1) is 0 Å². The molecule has 168 valence electrons. The molecule has 2 bridgehead atoms. The number of nitrogens with zero attached hydrogens (tertiary/aromatic N) is 2. The molecule has 0 spiro atoms. The number of halogens is 2. The lowest BCUT2D eigenvalue weighted by molar-refractivity contribution is 0.0612. The van der Waals surface area contributed by atoms with Crippen LogP contribution in [0.4, 0.5) is 8.78 Å². The first-order valence-corrected chi connectivity index (χ1v) is 10.3. The summed E-state index contributed by atoms with van der Waals surface area (Å²) >= 11 is 0. The normalized spacial score (nSPS) is 21.8. The van der Waals surface area contributed by atoms with Crippen LogP contribution in [0.1, 0.15) is 51.9 Å². The predicted molar refractivity (Wildman–Crippen MR) is 112 cm³/mol. The van der Waals surface area contributed by atoms with Crippen LogP contribution in [0.25, 0.3) is 0 Å². The van der Waals surface area contributed by atoms with E-state index in [-0.39, 0.29) is 29.3 Å². The van der Waals surface area contributed by atoms with Gasteiger partial charge in [0.25, 0.3) is 11.8 Å². The van der Waals surface area contributed by atoms with Gasteiger partial charge in [0, 0.05) is 30.9 Å². The summed E-state index contributed by atoms with van der Waals surface area (Å²) in [5.41, 5.74) is -1.53. The Kier molecular flexibility index (Phi) is 5.36. The molecule has 3 heterocycles. The molecule has 0 fully saturated rings. The van der Waals surface area contributed by atoms with E-state index in [2.05, 4.69) is 5.32 Å². The molecule has 2 aromatic rings. The second-order valence-electron chi connectivity index (χ2n) is 8.38. The Morgan fingerprint density at radius 1 is 1.19 bits per heavy atom. The largest absolute Gasteiger partial charge is 0.503 e. The monoisotopic (exact) mass is 443 g/mol. The number of benzene rings is 1. The molecule has 0 aliphatic carbocycles. The summed E-state index contributed by atoms with van der Waals surface area (Å²) in [5.74, 6) is -3.88. The smallest absolute Gasteiger partial charge is 0.275 e. The lowest BCUT2D eigenvalue weighted by Gasteiger charge is -2.38. The van der Waals surface area contributed by atoms with Crippen LogP contribution in [0, 0.1) is 24.5 Å². The molecular formula is C23H23F2N3O4. The Morgan fingerprint density at radius 2 is 1.84 bits per heavy atom. The average molecular weight is 443 g/mol. The predicted octanol–water partition coefficient (Wildman–Crippen LogP) is 2.66. The SMILES string of the molecule is Cc1cc(F)c(CNC(=O)c2cn3c(c(O)c2=O)C(=O)N2C[C@@H]3[C@@H](C)C=C[C@@H]2C)c(F)c1. The van der Waals surface area contributed by atoms with E-state index in [0.717, 1.165) is 12.1 Å². The van der Waals surface area contributed by atoms with Gasteiger partial charge in [0.15, 0.2) is 11.4 Å². The Balaban J connectivity index is 1.71. The Morgan fingerprint density at radius 3 is 2.50 bits per heavy atom. The maximum absolute atomic E-state index is 14.1. The van der Waals surface area contributed by atoms with Gasteiger partial charge in [-0.25, -0.2) is 8.78 Å². The standard InChI is InChI=1S/C23H23F2N3O4/c1-11-6-16(24)14(17(25)7-11)8-26-22(31)15-9-28-18-10-27(13(3)5-4-12(18)2)23(32)19(28)21(30)20(15)29/h4-7,9,12-13,18,30H,8,10H2,1-3H3,(H,26,31)/t12-,13-,18+/m0/s1. The summed E-state index contributed by atoms with van der Waals surface area (Å²) in [4.78, 5) is 40.0. The highest BCUT2D eigenvalue weighted by atomic mass is 19.1. The van der Waals surface area contributed by atoms with Crippen molar-refractivity contribution in [3.63, 3.8) is 0 Å². The number of aromatic nitrogens is 1. The van der Waals surface area contributed by atoms with Gasteiger partial charge in [-0.3, -0.25) is 14.4 Å². The maximum atomic E-state index is 14.1. The van der Waals surface area contributed by atoms with Crippen molar-refractivity contribution >= 4 is 11.8 Å². The summed E-state index contributed by atoms with van der Waals surface area (Å²) in [6.07, 6.45) is 5.09. The first-order valence-electron chi connectivity index (χ1n) is 10.3. The fraction of sp³-hybridized carbons (Fsp3) is 0.348. The molecule has 0 radical (unpaired) electrons. The molecule has 7 nitrogen and oxygen atoms in total. The number of fused-ring (bicyclic) bond motifs is 4. The van der Waals surface area contributed by atoms with Crippen LogP contribution in [-0.4, -0.2) is 39.0 Å². The van der Waals surface area contributed by atoms with E-state index in [9.17, 15) is 28.3 Å². The molecule has 2 aliphatic rings. The third kappa shape index (κ3) is 3.47. The number of hydrogen-bond acceptors (Lipinski definition) is 4. The van der Waals surface area contributed by atoms with Crippen molar-refractivity contribution in [2.45, 2.75) is 39.4 Å². The van der Waals surface area contributed by atoms with Gasteiger partial charge < -0.3 is 19.9 Å². The van der Waals surface area contributed by atoms with Crippen LogP contribution in [0.3, 0.4) is 0 Å².